The lowest BCUT2D eigenvalue weighted by Gasteiger charge is -2.11. The maximum absolute atomic E-state index is 13.4. The summed E-state index contributed by atoms with van der Waals surface area (Å²) in [5.74, 6) is -0.225. The molecule has 3 rings (SSSR count). The van der Waals surface area contributed by atoms with Crippen LogP contribution >= 0.6 is 11.3 Å². The molecule has 0 saturated carbocycles. The van der Waals surface area contributed by atoms with Gasteiger partial charge in [-0.1, -0.05) is 12.1 Å². The van der Waals surface area contributed by atoms with Crippen molar-refractivity contribution in [3.05, 3.63) is 64.5 Å². The summed E-state index contributed by atoms with van der Waals surface area (Å²) in [7, 11) is -2.76. The standard InChI is InChI=1S/C23H21F3O5S2/c1-4-31-18-9-15(11-22(27)30-3)10-19(12-18)33(28,29)21-13-20(32-14(21)2)16-5-7-17(8-6-16)23(24,25)26/h5-10,12-13H,4,11H2,1-3H3. The second-order valence-electron chi connectivity index (χ2n) is 7.11. The van der Waals surface area contributed by atoms with Crippen molar-refractivity contribution in [2.45, 2.75) is 36.2 Å². The number of aryl methyl sites for hydroxylation is 1. The fraction of sp³-hybridized carbons (Fsp3) is 0.261. The van der Waals surface area contributed by atoms with Crippen molar-refractivity contribution in [1.82, 2.24) is 0 Å². The Morgan fingerprint density at radius 1 is 1.06 bits per heavy atom. The average Bonchev–Trinajstić information content (AvgIpc) is 3.15. The Morgan fingerprint density at radius 2 is 1.73 bits per heavy atom. The molecule has 3 aromatic rings. The van der Waals surface area contributed by atoms with E-state index >= 15 is 0 Å². The van der Waals surface area contributed by atoms with Gasteiger partial charge in [0.15, 0.2) is 0 Å². The van der Waals surface area contributed by atoms with Gasteiger partial charge < -0.3 is 9.47 Å². The molecule has 2 aromatic carbocycles. The number of esters is 1. The minimum Gasteiger partial charge on any atom is -0.494 e. The molecule has 1 aromatic heterocycles. The molecule has 5 nitrogen and oxygen atoms in total. The Labute approximate surface area is 193 Å². The van der Waals surface area contributed by atoms with Gasteiger partial charge in [0.25, 0.3) is 0 Å². The summed E-state index contributed by atoms with van der Waals surface area (Å²) in [5, 5.41) is 0. The summed E-state index contributed by atoms with van der Waals surface area (Å²) in [5.41, 5.74) is 0.118. The van der Waals surface area contributed by atoms with Crippen LogP contribution in [0.5, 0.6) is 5.75 Å². The third kappa shape index (κ3) is 5.56. The van der Waals surface area contributed by atoms with E-state index < -0.39 is 27.5 Å². The Balaban J connectivity index is 2.03. The number of rotatable bonds is 7. The lowest BCUT2D eigenvalue weighted by Crippen LogP contribution is -2.08. The molecule has 0 unspecified atom stereocenters. The van der Waals surface area contributed by atoms with Gasteiger partial charge in [-0.3, -0.25) is 4.79 Å². The number of benzene rings is 2. The predicted octanol–water partition coefficient (Wildman–Crippen LogP) is 5.69. The van der Waals surface area contributed by atoms with E-state index in [9.17, 15) is 26.4 Å². The van der Waals surface area contributed by atoms with Crippen LogP contribution in [0.2, 0.25) is 0 Å². The SMILES string of the molecule is CCOc1cc(CC(=O)OC)cc(S(=O)(=O)c2cc(-c3ccc(C(F)(F)F)cc3)sc2C)c1. The highest BCUT2D eigenvalue weighted by Gasteiger charge is 2.30. The topological polar surface area (TPSA) is 69.7 Å². The first-order valence-electron chi connectivity index (χ1n) is 9.82. The lowest BCUT2D eigenvalue weighted by atomic mass is 10.1. The van der Waals surface area contributed by atoms with Gasteiger partial charge in [-0.2, -0.15) is 13.2 Å². The fourth-order valence-electron chi connectivity index (χ4n) is 3.20. The van der Waals surface area contributed by atoms with E-state index in [4.69, 9.17) is 4.74 Å². The van der Waals surface area contributed by atoms with Gasteiger partial charge in [0.05, 0.1) is 35.5 Å². The number of ether oxygens (including phenoxy) is 2. The lowest BCUT2D eigenvalue weighted by molar-refractivity contribution is -0.140. The summed E-state index contributed by atoms with van der Waals surface area (Å²) in [4.78, 5) is 12.7. The number of hydrogen-bond acceptors (Lipinski definition) is 6. The zero-order valence-corrected chi connectivity index (χ0v) is 19.7. The zero-order valence-electron chi connectivity index (χ0n) is 18.0. The maximum atomic E-state index is 13.4. The summed E-state index contributed by atoms with van der Waals surface area (Å²) >= 11 is 1.17. The van der Waals surface area contributed by atoms with Crippen LogP contribution in [0.15, 0.2) is 58.3 Å². The smallest absolute Gasteiger partial charge is 0.416 e. The van der Waals surface area contributed by atoms with Gasteiger partial charge in [0.1, 0.15) is 5.75 Å². The minimum atomic E-state index is -4.45. The van der Waals surface area contributed by atoms with Crippen molar-refractivity contribution in [2.75, 3.05) is 13.7 Å². The zero-order chi connectivity index (χ0) is 24.4. The predicted molar refractivity (Wildman–Crippen MR) is 118 cm³/mol. The van der Waals surface area contributed by atoms with Crippen LogP contribution in [0.3, 0.4) is 0 Å². The van der Waals surface area contributed by atoms with E-state index in [1.807, 2.05) is 0 Å². The van der Waals surface area contributed by atoms with Crippen LogP contribution in [-0.2, 0) is 32.0 Å². The molecule has 0 spiro atoms. The maximum Gasteiger partial charge on any atom is 0.416 e. The number of thiophene rings is 1. The molecular formula is C23H21F3O5S2. The molecule has 0 fully saturated rings. The van der Waals surface area contributed by atoms with Crippen LogP contribution in [0.4, 0.5) is 13.2 Å². The number of carbonyl (C=O) groups is 1. The molecule has 0 saturated heterocycles. The molecule has 0 aliphatic rings. The highest BCUT2D eigenvalue weighted by Crippen LogP contribution is 2.38. The first-order chi connectivity index (χ1) is 15.5. The first-order valence-corrected chi connectivity index (χ1v) is 12.1. The van der Waals surface area contributed by atoms with Crippen LogP contribution in [0, 0.1) is 6.92 Å². The fourth-order valence-corrected chi connectivity index (χ4v) is 6.13. The molecule has 0 radical (unpaired) electrons. The third-order valence-corrected chi connectivity index (χ3v) is 7.88. The average molecular weight is 499 g/mol. The quantitative estimate of drug-likeness (QED) is 0.392. The van der Waals surface area contributed by atoms with E-state index in [-0.39, 0.29) is 16.2 Å². The molecule has 0 atom stereocenters. The Morgan fingerprint density at radius 3 is 2.30 bits per heavy atom. The summed E-state index contributed by atoms with van der Waals surface area (Å²) in [6.45, 7) is 3.68. The van der Waals surface area contributed by atoms with Gasteiger partial charge >= 0.3 is 12.1 Å². The Kier molecular flexibility index (Phi) is 7.18. The van der Waals surface area contributed by atoms with E-state index in [2.05, 4.69) is 4.74 Å². The van der Waals surface area contributed by atoms with Crippen molar-refractivity contribution in [3.63, 3.8) is 0 Å². The van der Waals surface area contributed by atoms with Crippen molar-refractivity contribution in [2.24, 2.45) is 0 Å². The third-order valence-electron chi connectivity index (χ3n) is 4.80. The Hall–Kier alpha value is -2.85. The Bertz CT molecular complexity index is 1260. The number of halogens is 3. The highest BCUT2D eigenvalue weighted by molar-refractivity contribution is 7.91. The van der Waals surface area contributed by atoms with Gasteiger partial charge in [-0.15, -0.1) is 11.3 Å². The number of methoxy groups -OCH3 is 1. The second-order valence-corrected chi connectivity index (χ2v) is 10.3. The number of alkyl halides is 3. The van der Waals surface area contributed by atoms with Crippen LogP contribution < -0.4 is 4.74 Å². The van der Waals surface area contributed by atoms with Crippen LogP contribution in [-0.4, -0.2) is 28.1 Å². The van der Waals surface area contributed by atoms with Crippen LogP contribution in [0.25, 0.3) is 10.4 Å². The molecule has 0 amide bonds. The van der Waals surface area contributed by atoms with Crippen LogP contribution in [0.1, 0.15) is 22.9 Å². The van der Waals surface area contributed by atoms with Crippen molar-refractivity contribution in [1.29, 1.82) is 0 Å². The second kappa shape index (κ2) is 9.56. The molecule has 33 heavy (non-hydrogen) atoms. The molecule has 0 aliphatic heterocycles. The number of hydrogen-bond donors (Lipinski definition) is 0. The van der Waals surface area contributed by atoms with Gasteiger partial charge in [0, 0.05) is 9.75 Å². The molecular weight excluding hydrogens is 477 g/mol. The van der Waals surface area contributed by atoms with E-state index in [0.29, 0.717) is 33.2 Å². The summed E-state index contributed by atoms with van der Waals surface area (Å²) < 4.78 is 75.5. The summed E-state index contributed by atoms with van der Waals surface area (Å²) in [6, 6.07) is 10.4. The van der Waals surface area contributed by atoms with Crippen molar-refractivity contribution >= 4 is 27.1 Å². The van der Waals surface area contributed by atoms with Gasteiger partial charge in [-0.05, 0) is 61.4 Å². The largest absolute Gasteiger partial charge is 0.494 e. The van der Waals surface area contributed by atoms with Crippen molar-refractivity contribution in [3.8, 4) is 16.2 Å². The number of sulfone groups is 1. The van der Waals surface area contributed by atoms with E-state index in [1.54, 1.807) is 19.9 Å². The highest BCUT2D eigenvalue weighted by atomic mass is 32.2. The monoisotopic (exact) mass is 498 g/mol. The minimum absolute atomic E-state index is 0.0417. The first kappa shape index (κ1) is 24.8. The van der Waals surface area contributed by atoms with E-state index in [1.165, 1.54) is 48.8 Å². The molecule has 0 N–H and O–H groups in total. The van der Waals surface area contributed by atoms with Gasteiger partial charge in [-0.25, -0.2) is 8.42 Å². The van der Waals surface area contributed by atoms with Gasteiger partial charge in [0.2, 0.25) is 9.84 Å². The van der Waals surface area contributed by atoms with E-state index in [0.717, 1.165) is 12.1 Å². The molecule has 0 bridgehead atoms. The number of carbonyl (C=O) groups excluding carboxylic acids is 1. The normalized spacial score (nSPS) is 11.9. The molecule has 0 aliphatic carbocycles. The summed E-state index contributed by atoms with van der Waals surface area (Å²) in [6.07, 6.45) is -4.58. The molecule has 176 valence electrons. The van der Waals surface area contributed by atoms with Crippen molar-refractivity contribution < 1.29 is 35.9 Å². The molecule has 10 heteroatoms. The molecule has 1 heterocycles.